The summed E-state index contributed by atoms with van der Waals surface area (Å²) in [7, 11) is 0. The third-order valence-electron chi connectivity index (χ3n) is 3.66. The normalized spacial score (nSPS) is 21.6. The van der Waals surface area contributed by atoms with Crippen LogP contribution in [0.2, 0.25) is 0 Å². The summed E-state index contributed by atoms with van der Waals surface area (Å²) in [5, 5.41) is 6.53. The summed E-state index contributed by atoms with van der Waals surface area (Å²) in [5.41, 5.74) is 0.828. The van der Waals surface area contributed by atoms with Crippen LogP contribution in [0.1, 0.15) is 45.6 Å². The highest BCUT2D eigenvalue weighted by atomic mass is 79.9. The Kier molecular flexibility index (Phi) is 5.87. The average Bonchev–Trinajstić information content (AvgIpc) is 2.83. The number of hydrogen-bond donors (Lipinski definition) is 2. The molecule has 5 heteroatoms. The van der Waals surface area contributed by atoms with Crippen molar-refractivity contribution in [2.75, 3.05) is 0 Å². The third kappa shape index (κ3) is 5.97. The minimum Gasteiger partial charge on any atom is -0.444 e. The van der Waals surface area contributed by atoms with Gasteiger partial charge in [-0.05, 0) is 57.7 Å². The molecule has 0 radical (unpaired) electrons. The summed E-state index contributed by atoms with van der Waals surface area (Å²) >= 11 is 3.44. The summed E-state index contributed by atoms with van der Waals surface area (Å²) in [6.07, 6.45) is 2.72. The van der Waals surface area contributed by atoms with E-state index in [2.05, 4.69) is 50.8 Å². The standard InChI is InChI=1S/C17H25BrN2O2/c1-17(2,3)22-16(21)20-15-9-8-14(10-15)19-11-12-4-6-13(18)7-5-12/h4-7,14-15,19H,8-11H2,1-3H3,(H,20,21). The van der Waals surface area contributed by atoms with Crippen molar-refractivity contribution >= 4 is 22.0 Å². The van der Waals surface area contributed by atoms with Gasteiger partial charge in [0.25, 0.3) is 0 Å². The van der Waals surface area contributed by atoms with E-state index in [9.17, 15) is 4.79 Å². The maximum atomic E-state index is 11.8. The van der Waals surface area contributed by atoms with Crippen LogP contribution < -0.4 is 10.6 Å². The van der Waals surface area contributed by atoms with Crippen LogP contribution in [0.5, 0.6) is 0 Å². The number of hydrogen-bond acceptors (Lipinski definition) is 3. The second kappa shape index (κ2) is 7.47. The molecule has 0 aliphatic heterocycles. The van der Waals surface area contributed by atoms with Crippen LogP contribution in [0.15, 0.2) is 28.7 Å². The first-order chi connectivity index (χ1) is 10.3. The van der Waals surface area contributed by atoms with Gasteiger partial charge in [0.1, 0.15) is 5.60 Å². The number of carbonyl (C=O) groups excluding carboxylic acids is 1. The Morgan fingerprint density at radius 2 is 1.86 bits per heavy atom. The SMILES string of the molecule is CC(C)(C)OC(=O)NC1CCC(NCc2ccc(Br)cc2)C1. The highest BCUT2D eigenvalue weighted by Gasteiger charge is 2.27. The quantitative estimate of drug-likeness (QED) is 0.844. The van der Waals surface area contributed by atoms with Crippen molar-refractivity contribution in [3.8, 4) is 0 Å². The first-order valence-electron chi connectivity index (χ1n) is 7.79. The van der Waals surface area contributed by atoms with Gasteiger partial charge in [0.05, 0.1) is 0 Å². The smallest absolute Gasteiger partial charge is 0.407 e. The van der Waals surface area contributed by atoms with Gasteiger partial charge in [-0.3, -0.25) is 0 Å². The number of rotatable bonds is 4. The molecular weight excluding hydrogens is 344 g/mol. The van der Waals surface area contributed by atoms with Gasteiger partial charge in [0.15, 0.2) is 0 Å². The average molecular weight is 369 g/mol. The molecule has 1 aromatic carbocycles. The Morgan fingerprint density at radius 3 is 2.50 bits per heavy atom. The molecule has 0 spiro atoms. The molecule has 22 heavy (non-hydrogen) atoms. The summed E-state index contributed by atoms with van der Waals surface area (Å²) in [6, 6.07) is 8.99. The molecule has 1 saturated carbocycles. The zero-order valence-corrected chi connectivity index (χ0v) is 15.1. The first kappa shape index (κ1) is 17.3. The molecule has 0 bridgehead atoms. The van der Waals surface area contributed by atoms with Crippen molar-refractivity contribution < 1.29 is 9.53 Å². The van der Waals surface area contributed by atoms with Crippen LogP contribution in [0.4, 0.5) is 4.79 Å². The lowest BCUT2D eigenvalue weighted by Gasteiger charge is -2.21. The Labute approximate surface area is 141 Å². The number of nitrogens with one attached hydrogen (secondary N) is 2. The zero-order chi connectivity index (χ0) is 16.2. The van der Waals surface area contributed by atoms with Gasteiger partial charge in [-0.25, -0.2) is 4.79 Å². The molecule has 122 valence electrons. The molecule has 1 fully saturated rings. The van der Waals surface area contributed by atoms with E-state index in [-0.39, 0.29) is 12.1 Å². The molecule has 0 saturated heterocycles. The van der Waals surface area contributed by atoms with Crippen molar-refractivity contribution in [3.63, 3.8) is 0 Å². The number of alkyl carbamates (subject to hydrolysis) is 1. The number of amides is 1. The molecule has 2 unspecified atom stereocenters. The predicted octanol–water partition coefficient (Wildman–Crippen LogP) is 3.98. The molecule has 0 heterocycles. The van der Waals surface area contributed by atoms with Crippen molar-refractivity contribution in [1.82, 2.24) is 10.6 Å². The predicted molar refractivity (Wildman–Crippen MR) is 91.8 cm³/mol. The number of ether oxygens (including phenoxy) is 1. The first-order valence-corrected chi connectivity index (χ1v) is 8.58. The largest absolute Gasteiger partial charge is 0.444 e. The molecule has 1 aliphatic rings. The lowest BCUT2D eigenvalue weighted by atomic mass is 10.2. The summed E-state index contributed by atoms with van der Waals surface area (Å²) in [5.74, 6) is 0. The van der Waals surface area contributed by atoms with Crippen LogP contribution in [0, 0.1) is 0 Å². The third-order valence-corrected chi connectivity index (χ3v) is 4.19. The topological polar surface area (TPSA) is 50.4 Å². The second-order valence-corrected chi connectivity index (χ2v) is 7.78. The fourth-order valence-electron chi connectivity index (χ4n) is 2.64. The van der Waals surface area contributed by atoms with Gasteiger partial charge in [-0.2, -0.15) is 0 Å². The molecular formula is C17H25BrN2O2. The van der Waals surface area contributed by atoms with E-state index in [1.54, 1.807) is 0 Å². The van der Waals surface area contributed by atoms with E-state index < -0.39 is 5.60 Å². The fraction of sp³-hybridized carbons (Fsp3) is 0.588. The molecule has 1 aliphatic carbocycles. The van der Waals surface area contributed by atoms with Crippen LogP contribution in [-0.4, -0.2) is 23.8 Å². The van der Waals surface area contributed by atoms with Crippen LogP contribution in [-0.2, 0) is 11.3 Å². The van der Waals surface area contributed by atoms with Gasteiger partial charge in [-0.1, -0.05) is 28.1 Å². The van der Waals surface area contributed by atoms with Crippen molar-refractivity contribution in [1.29, 1.82) is 0 Å². The van der Waals surface area contributed by atoms with Crippen molar-refractivity contribution in [3.05, 3.63) is 34.3 Å². The molecule has 2 atom stereocenters. The van der Waals surface area contributed by atoms with E-state index in [1.807, 2.05) is 20.8 Å². The minimum atomic E-state index is -0.443. The molecule has 1 aromatic rings. The lowest BCUT2D eigenvalue weighted by Crippen LogP contribution is -2.38. The van der Waals surface area contributed by atoms with Gasteiger partial charge in [-0.15, -0.1) is 0 Å². The van der Waals surface area contributed by atoms with Crippen LogP contribution >= 0.6 is 15.9 Å². The Balaban J connectivity index is 1.71. The van der Waals surface area contributed by atoms with Crippen LogP contribution in [0.3, 0.4) is 0 Å². The molecule has 2 rings (SSSR count). The zero-order valence-electron chi connectivity index (χ0n) is 13.5. The molecule has 0 aromatic heterocycles. The van der Waals surface area contributed by atoms with Crippen molar-refractivity contribution in [2.45, 2.75) is 64.3 Å². The molecule has 2 N–H and O–H groups in total. The van der Waals surface area contributed by atoms with Gasteiger partial charge in [0, 0.05) is 23.1 Å². The summed E-state index contributed by atoms with van der Waals surface area (Å²) < 4.78 is 6.40. The van der Waals surface area contributed by atoms with E-state index in [0.29, 0.717) is 6.04 Å². The minimum absolute atomic E-state index is 0.206. The molecule has 1 amide bonds. The van der Waals surface area contributed by atoms with Gasteiger partial charge >= 0.3 is 6.09 Å². The fourth-order valence-corrected chi connectivity index (χ4v) is 2.90. The van der Waals surface area contributed by atoms with Gasteiger partial charge < -0.3 is 15.4 Å². The highest BCUT2D eigenvalue weighted by Crippen LogP contribution is 2.20. The van der Waals surface area contributed by atoms with E-state index >= 15 is 0 Å². The second-order valence-electron chi connectivity index (χ2n) is 6.86. The van der Waals surface area contributed by atoms with E-state index in [0.717, 1.165) is 30.3 Å². The number of benzene rings is 1. The lowest BCUT2D eigenvalue weighted by molar-refractivity contribution is 0.0505. The summed E-state index contributed by atoms with van der Waals surface area (Å²) in [6.45, 7) is 6.49. The Morgan fingerprint density at radius 1 is 1.23 bits per heavy atom. The highest BCUT2D eigenvalue weighted by molar-refractivity contribution is 9.10. The maximum absolute atomic E-state index is 11.8. The number of carbonyl (C=O) groups is 1. The van der Waals surface area contributed by atoms with Crippen molar-refractivity contribution in [2.24, 2.45) is 0 Å². The van der Waals surface area contributed by atoms with E-state index in [4.69, 9.17) is 4.74 Å². The maximum Gasteiger partial charge on any atom is 0.407 e. The van der Waals surface area contributed by atoms with E-state index in [1.165, 1.54) is 5.56 Å². The Hall–Kier alpha value is -1.07. The molecule has 4 nitrogen and oxygen atoms in total. The number of halogens is 1. The Bertz CT molecular complexity index is 496. The summed E-state index contributed by atoms with van der Waals surface area (Å²) in [4.78, 5) is 11.8. The monoisotopic (exact) mass is 368 g/mol. The van der Waals surface area contributed by atoms with Gasteiger partial charge in [0.2, 0.25) is 0 Å². The van der Waals surface area contributed by atoms with Crippen LogP contribution in [0.25, 0.3) is 0 Å².